The van der Waals surface area contributed by atoms with Crippen LogP contribution in [0.3, 0.4) is 0 Å². The van der Waals surface area contributed by atoms with Gasteiger partial charge in [0.15, 0.2) is 0 Å². The number of urea groups is 1. The number of carbonyl (C=O) groups excluding carboxylic acids is 1. The summed E-state index contributed by atoms with van der Waals surface area (Å²) < 4.78 is 14.3. The molecule has 0 bridgehead atoms. The molecule has 2 aliphatic rings. The summed E-state index contributed by atoms with van der Waals surface area (Å²) in [4.78, 5) is 35.0. The molecule has 8 nitrogen and oxygen atoms in total. The summed E-state index contributed by atoms with van der Waals surface area (Å²) in [7, 11) is 0. The van der Waals surface area contributed by atoms with Gasteiger partial charge in [0.25, 0.3) is 0 Å². The molecule has 1 aliphatic heterocycles. The Morgan fingerprint density at radius 1 is 1.39 bits per heavy atom. The minimum absolute atomic E-state index is 0.00506. The van der Waals surface area contributed by atoms with E-state index >= 15 is 0 Å². The van der Waals surface area contributed by atoms with Crippen LogP contribution in [0, 0.1) is 24.1 Å². The summed E-state index contributed by atoms with van der Waals surface area (Å²) in [6.45, 7) is 3.23. The molecule has 1 aromatic heterocycles. The first kappa shape index (κ1) is 20.8. The van der Waals surface area contributed by atoms with Crippen molar-refractivity contribution in [3.63, 3.8) is 0 Å². The molecule has 9 heteroatoms. The molecule has 1 atom stereocenters. The van der Waals surface area contributed by atoms with Crippen molar-refractivity contribution in [1.82, 2.24) is 20.2 Å². The second-order valence-electron chi connectivity index (χ2n) is 8.17. The maximum Gasteiger partial charge on any atom is 0.346 e. The van der Waals surface area contributed by atoms with Crippen LogP contribution in [-0.4, -0.2) is 46.1 Å². The lowest BCUT2D eigenvalue weighted by Gasteiger charge is -2.40. The molecule has 2 aromatic rings. The zero-order valence-electron chi connectivity index (χ0n) is 17.4. The number of aromatic amines is 1. The fraction of sp³-hybridized carbons (Fsp3) is 0.455. The number of nitrogens with one attached hydrogen (secondary N) is 2. The van der Waals surface area contributed by atoms with E-state index in [1.54, 1.807) is 19.1 Å². The summed E-state index contributed by atoms with van der Waals surface area (Å²) in [5.41, 5.74) is 0.946. The monoisotopic (exact) mass is 424 g/mol. The summed E-state index contributed by atoms with van der Waals surface area (Å²) in [5.74, 6) is 0.210. The number of hydrogen-bond acceptors (Lipinski definition) is 5. The van der Waals surface area contributed by atoms with Gasteiger partial charge in [-0.05, 0) is 50.3 Å². The van der Waals surface area contributed by atoms with Crippen LogP contribution in [0.2, 0.25) is 0 Å². The molecule has 1 aromatic carbocycles. The van der Waals surface area contributed by atoms with Gasteiger partial charge in [-0.2, -0.15) is 5.26 Å². The highest BCUT2D eigenvalue weighted by molar-refractivity contribution is 5.75. The quantitative estimate of drug-likeness (QED) is 0.767. The molecule has 1 saturated heterocycles. The standard InChI is InChI=1S/C22H25FN6O2/c1-14-9-16(19(23)10-15(14)11-24)12-26-22(31)29(17-4-5-17)18-3-2-8-28(13-18)20-6-7-25-21(30)27-20/h6-7,9-10,17-18H,2-5,8,12-13H2,1H3,(H,26,31)(H,25,27,30). The number of halogens is 1. The van der Waals surface area contributed by atoms with Crippen LogP contribution < -0.4 is 15.9 Å². The Bertz CT molecular complexity index is 1070. The van der Waals surface area contributed by atoms with Crippen LogP contribution in [-0.2, 0) is 6.54 Å². The normalized spacial score (nSPS) is 18.4. The number of rotatable bonds is 5. The largest absolute Gasteiger partial charge is 0.356 e. The average Bonchev–Trinajstić information content (AvgIpc) is 3.59. The van der Waals surface area contributed by atoms with E-state index in [4.69, 9.17) is 5.26 Å². The van der Waals surface area contributed by atoms with Crippen LogP contribution in [0.15, 0.2) is 29.2 Å². The van der Waals surface area contributed by atoms with E-state index in [9.17, 15) is 14.0 Å². The zero-order valence-corrected chi connectivity index (χ0v) is 17.4. The number of nitriles is 1. The van der Waals surface area contributed by atoms with Gasteiger partial charge >= 0.3 is 11.7 Å². The molecule has 2 N–H and O–H groups in total. The second kappa shape index (κ2) is 8.76. The minimum Gasteiger partial charge on any atom is -0.356 e. The Morgan fingerprint density at radius 3 is 2.90 bits per heavy atom. The number of nitrogens with zero attached hydrogens (tertiary/aromatic N) is 4. The number of hydrogen-bond donors (Lipinski definition) is 2. The van der Waals surface area contributed by atoms with Gasteiger partial charge in [0.05, 0.1) is 17.7 Å². The molecule has 2 amide bonds. The lowest BCUT2D eigenvalue weighted by atomic mass is 10.0. The third-order valence-electron chi connectivity index (χ3n) is 5.91. The molecule has 1 aliphatic carbocycles. The zero-order chi connectivity index (χ0) is 22.0. The number of H-pyrrole nitrogens is 1. The number of amides is 2. The van der Waals surface area contributed by atoms with E-state index in [1.165, 1.54) is 12.3 Å². The highest BCUT2D eigenvalue weighted by Gasteiger charge is 2.39. The Morgan fingerprint density at radius 2 is 2.19 bits per heavy atom. The maximum absolute atomic E-state index is 14.3. The molecule has 31 heavy (non-hydrogen) atoms. The lowest BCUT2D eigenvalue weighted by Crippen LogP contribution is -2.54. The fourth-order valence-electron chi connectivity index (χ4n) is 4.19. The van der Waals surface area contributed by atoms with Crippen LogP contribution in [0.1, 0.15) is 42.4 Å². The third-order valence-corrected chi connectivity index (χ3v) is 5.91. The van der Waals surface area contributed by atoms with E-state index in [2.05, 4.69) is 20.2 Å². The van der Waals surface area contributed by atoms with Crippen molar-refractivity contribution in [3.8, 4) is 6.07 Å². The number of aromatic nitrogens is 2. The van der Waals surface area contributed by atoms with Crippen LogP contribution in [0.25, 0.3) is 0 Å². The van der Waals surface area contributed by atoms with Gasteiger partial charge in [-0.1, -0.05) is 6.07 Å². The number of piperidine rings is 1. The molecule has 0 spiro atoms. The van der Waals surface area contributed by atoms with E-state index in [0.717, 1.165) is 32.2 Å². The van der Waals surface area contributed by atoms with Crippen molar-refractivity contribution in [2.45, 2.75) is 51.2 Å². The van der Waals surface area contributed by atoms with Gasteiger partial charge in [0.2, 0.25) is 0 Å². The smallest absolute Gasteiger partial charge is 0.346 e. The SMILES string of the molecule is Cc1cc(CNC(=O)N(C2CC2)C2CCCN(c3ccnc(=O)[nH]3)C2)c(F)cc1C#N. The summed E-state index contributed by atoms with van der Waals surface area (Å²) in [5, 5.41) is 11.9. The first-order chi connectivity index (χ1) is 15.0. The van der Waals surface area contributed by atoms with Gasteiger partial charge in [-0.15, -0.1) is 0 Å². The van der Waals surface area contributed by atoms with E-state index in [-0.39, 0.29) is 24.7 Å². The molecule has 1 unspecified atom stereocenters. The highest BCUT2D eigenvalue weighted by atomic mass is 19.1. The number of benzene rings is 1. The summed E-state index contributed by atoms with van der Waals surface area (Å²) in [6, 6.07) is 6.54. The summed E-state index contributed by atoms with van der Waals surface area (Å²) >= 11 is 0. The fourth-order valence-corrected chi connectivity index (χ4v) is 4.19. The minimum atomic E-state index is -0.495. The number of anilines is 1. The van der Waals surface area contributed by atoms with Crippen molar-refractivity contribution in [2.24, 2.45) is 0 Å². The van der Waals surface area contributed by atoms with Crippen LogP contribution in [0.4, 0.5) is 15.0 Å². The molecule has 2 fully saturated rings. The molecular formula is C22H25FN6O2. The van der Waals surface area contributed by atoms with Crippen molar-refractivity contribution in [1.29, 1.82) is 5.26 Å². The van der Waals surface area contributed by atoms with Gasteiger partial charge < -0.3 is 15.1 Å². The van der Waals surface area contributed by atoms with E-state index in [1.807, 2.05) is 11.0 Å². The Hall–Kier alpha value is -3.41. The van der Waals surface area contributed by atoms with Crippen LogP contribution >= 0.6 is 0 Å². The predicted octanol–water partition coefficient (Wildman–Crippen LogP) is 2.43. The topological polar surface area (TPSA) is 105 Å². The Kier molecular flexibility index (Phi) is 5.89. The third kappa shape index (κ3) is 4.68. The van der Waals surface area contributed by atoms with Gasteiger partial charge in [0.1, 0.15) is 11.6 Å². The van der Waals surface area contributed by atoms with Crippen LogP contribution in [0.5, 0.6) is 0 Å². The van der Waals surface area contributed by atoms with Gasteiger partial charge in [-0.25, -0.2) is 19.0 Å². The van der Waals surface area contributed by atoms with Crippen molar-refractivity contribution in [2.75, 3.05) is 18.0 Å². The molecule has 162 valence electrons. The first-order valence-corrected chi connectivity index (χ1v) is 10.5. The number of carbonyl (C=O) groups is 1. The Balaban J connectivity index is 1.45. The predicted molar refractivity (Wildman–Crippen MR) is 113 cm³/mol. The summed E-state index contributed by atoms with van der Waals surface area (Å²) in [6.07, 6.45) is 5.17. The van der Waals surface area contributed by atoms with E-state index < -0.39 is 11.5 Å². The van der Waals surface area contributed by atoms with E-state index in [0.29, 0.717) is 29.1 Å². The molecule has 1 saturated carbocycles. The van der Waals surface area contributed by atoms with Crippen molar-refractivity contribution < 1.29 is 9.18 Å². The van der Waals surface area contributed by atoms with Crippen molar-refractivity contribution >= 4 is 11.8 Å². The highest BCUT2D eigenvalue weighted by Crippen LogP contribution is 2.32. The van der Waals surface area contributed by atoms with Gasteiger partial charge in [0, 0.05) is 37.4 Å². The Labute approximate surface area is 179 Å². The molecule has 0 radical (unpaired) electrons. The molecule has 4 rings (SSSR count). The molecule has 2 heterocycles. The first-order valence-electron chi connectivity index (χ1n) is 10.5. The lowest BCUT2D eigenvalue weighted by molar-refractivity contribution is 0.160. The second-order valence-corrected chi connectivity index (χ2v) is 8.17. The number of aryl methyl sites for hydroxylation is 1. The maximum atomic E-state index is 14.3. The van der Waals surface area contributed by atoms with Crippen molar-refractivity contribution in [3.05, 3.63) is 57.4 Å². The van der Waals surface area contributed by atoms with Gasteiger partial charge in [-0.3, -0.25) is 4.98 Å². The molecular weight excluding hydrogens is 399 g/mol. The average molecular weight is 424 g/mol.